The van der Waals surface area contributed by atoms with Crippen LogP contribution in [0.5, 0.6) is 0 Å². The molecule has 4 unspecified atom stereocenters. The molecule has 100 valence electrons. The first-order valence-electron chi connectivity index (χ1n) is 7.09. The topological polar surface area (TPSA) is 29.5 Å². The van der Waals surface area contributed by atoms with Gasteiger partial charge in [-0.2, -0.15) is 0 Å². The Morgan fingerprint density at radius 1 is 1.35 bits per heavy atom. The predicted octanol–water partition coefficient (Wildman–Crippen LogP) is 2.95. The Labute approximate surface area is 107 Å². The fraction of sp³-hybridized carbons (Fsp3) is 1.00. The Kier molecular flexibility index (Phi) is 3.48. The van der Waals surface area contributed by atoms with Crippen molar-refractivity contribution in [2.75, 3.05) is 0 Å². The van der Waals surface area contributed by atoms with Crippen molar-refractivity contribution >= 4 is 9.04 Å². The average Bonchev–Trinajstić information content (AvgIpc) is 2.69. The third-order valence-electron chi connectivity index (χ3n) is 4.62. The molecule has 2 aliphatic rings. The van der Waals surface area contributed by atoms with Crippen molar-refractivity contribution in [3.63, 3.8) is 0 Å². The summed E-state index contributed by atoms with van der Waals surface area (Å²) < 4.78 is 6.37. The lowest BCUT2D eigenvalue weighted by Gasteiger charge is -2.47. The molecule has 0 spiro atoms. The summed E-state index contributed by atoms with van der Waals surface area (Å²) in [6, 6.07) is 0. The first-order chi connectivity index (χ1) is 7.75. The minimum absolute atomic E-state index is 0.0696. The zero-order valence-electron chi connectivity index (χ0n) is 12.0. The summed E-state index contributed by atoms with van der Waals surface area (Å²) >= 11 is 0. The predicted molar refractivity (Wildman–Crippen MR) is 73.6 cm³/mol. The van der Waals surface area contributed by atoms with Crippen LogP contribution < -0.4 is 0 Å². The van der Waals surface area contributed by atoms with Gasteiger partial charge in [0.1, 0.15) is 0 Å². The molecule has 2 nitrogen and oxygen atoms in total. The number of hydrogen-bond donors (Lipinski definition) is 1. The maximum atomic E-state index is 10.5. The molecule has 1 N–H and O–H groups in total. The van der Waals surface area contributed by atoms with Gasteiger partial charge < -0.3 is 9.53 Å². The molecule has 2 rings (SSSR count). The van der Waals surface area contributed by atoms with Gasteiger partial charge in [-0.3, -0.25) is 0 Å². The van der Waals surface area contributed by atoms with Crippen molar-refractivity contribution in [1.29, 1.82) is 0 Å². The number of rotatable bonds is 3. The summed E-state index contributed by atoms with van der Waals surface area (Å²) in [5.74, 6) is 0.757. The van der Waals surface area contributed by atoms with Crippen LogP contribution in [0.2, 0.25) is 13.1 Å². The Morgan fingerprint density at radius 3 is 2.35 bits per heavy atom. The van der Waals surface area contributed by atoms with Crippen molar-refractivity contribution in [2.24, 2.45) is 16.7 Å². The molecule has 2 saturated carbocycles. The summed E-state index contributed by atoms with van der Waals surface area (Å²) in [7, 11) is -1.06. The van der Waals surface area contributed by atoms with Crippen molar-refractivity contribution in [2.45, 2.75) is 71.8 Å². The van der Waals surface area contributed by atoms with Crippen LogP contribution in [0.3, 0.4) is 0 Å². The lowest BCUT2D eigenvalue weighted by Crippen LogP contribution is -2.50. The van der Waals surface area contributed by atoms with Crippen LogP contribution in [-0.2, 0) is 4.43 Å². The molecule has 2 aliphatic carbocycles. The van der Waals surface area contributed by atoms with Gasteiger partial charge in [0, 0.05) is 5.41 Å². The van der Waals surface area contributed by atoms with Crippen molar-refractivity contribution < 1.29 is 9.53 Å². The van der Waals surface area contributed by atoms with E-state index in [1.807, 2.05) is 0 Å². The summed E-state index contributed by atoms with van der Waals surface area (Å²) in [4.78, 5) is 0. The van der Waals surface area contributed by atoms with Gasteiger partial charge in [-0.15, -0.1) is 0 Å². The fourth-order valence-electron chi connectivity index (χ4n) is 4.16. The van der Waals surface area contributed by atoms with E-state index < -0.39 is 9.04 Å². The highest BCUT2D eigenvalue weighted by atomic mass is 28.3. The Balaban J connectivity index is 2.26. The normalized spacial score (nSPS) is 39.0. The molecule has 2 fully saturated rings. The Hall–Kier alpha value is 0.137. The van der Waals surface area contributed by atoms with E-state index in [2.05, 4.69) is 33.9 Å². The van der Waals surface area contributed by atoms with Crippen molar-refractivity contribution in [3.05, 3.63) is 0 Å². The molecule has 0 saturated heterocycles. The zero-order chi connectivity index (χ0) is 12.8. The molecule has 2 bridgehead atoms. The van der Waals surface area contributed by atoms with Gasteiger partial charge in [0.15, 0.2) is 9.04 Å². The lowest BCUT2D eigenvalue weighted by molar-refractivity contribution is -0.0892. The van der Waals surface area contributed by atoms with E-state index in [0.717, 1.165) is 12.3 Å². The van der Waals surface area contributed by atoms with E-state index in [0.29, 0.717) is 0 Å². The molecule has 0 radical (unpaired) electrons. The molecule has 4 atom stereocenters. The molecule has 0 aromatic rings. The largest absolute Gasteiger partial charge is 0.416 e. The Morgan fingerprint density at radius 2 is 2.00 bits per heavy atom. The van der Waals surface area contributed by atoms with Gasteiger partial charge in [-0.05, 0) is 50.1 Å². The average molecular weight is 256 g/mol. The highest BCUT2D eigenvalue weighted by Crippen LogP contribution is 2.59. The quantitative estimate of drug-likeness (QED) is 0.787. The van der Waals surface area contributed by atoms with Crippen LogP contribution in [0.25, 0.3) is 0 Å². The van der Waals surface area contributed by atoms with Crippen LogP contribution in [0.1, 0.15) is 46.5 Å². The van der Waals surface area contributed by atoms with Crippen LogP contribution in [0.15, 0.2) is 0 Å². The second kappa shape index (κ2) is 4.36. The first kappa shape index (κ1) is 13.6. The van der Waals surface area contributed by atoms with Crippen LogP contribution >= 0.6 is 0 Å². The van der Waals surface area contributed by atoms with Gasteiger partial charge in [0.05, 0.1) is 12.2 Å². The van der Waals surface area contributed by atoms with Gasteiger partial charge >= 0.3 is 0 Å². The molecule has 0 amide bonds. The molecular weight excluding hydrogens is 228 g/mol. The number of fused-ring (bicyclic) bond motifs is 2. The van der Waals surface area contributed by atoms with Gasteiger partial charge in [-0.1, -0.05) is 20.8 Å². The van der Waals surface area contributed by atoms with E-state index in [4.69, 9.17) is 4.43 Å². The molecule has 0 heterocycles. The molecule has 17 heavy (non-hydrogen) atoms. The lowest BCUT2D eigenvalue weighted by atomic mass is 9.68. The van der Waals surface area contributed by atoms with Crippen LogP contribution in [-0.4, -0.2) is 26.4 Å². The van der Waals surface area contributed by atoms with Gasteiger partial charge in [0.25, 0.3) is 0 Å². The number of aliphatic hydroxyl groups is 1. The van der Waals surface area contributed by atoms with Crippen molar-refractivity contribution in [1.82, 2.24) is 0 Å². The second-order valence-corrected chi connectivity index (χ2v) is 9.89. The summed E-state index contributed by atoms with van der Waals surface area (Å²) in [6.07, 6.45) is 4.78. The minimum atomic E-state index is -1.06. The SMILES string of the molecule is C[SiH](C)OC(C(C)(C)C)C12CCC(CC1O)C2. The van der Waals surface area contributed by atoms with Gasteiger partial charge in [-0.25, -0.2) is 0 Å². The van der Waals surface area contributed by atoms with E-state index in [1.165, 1.54) is 19.3 Å². The third-order valence-corrected chi connectivity index (χ3v) is 5.44. The standard InChI is InChI=1S/C14H28O2Si/c1-13(2,3)12(16-17(4)5)14-7-6-10(9-14)8-11(14)15/h10-12,15,17H,6-9H2,1-5H3. The van der Waals surface area contributed by atoms with Crippen LogP contribution in [0, 0.1) is 16.7 Å². The fourth-order valence-corrected chi connectivity index (χ4v) is 5.38. The molecule has 3 heteroatoms. The maximum Gasteiger partial charge on any atom is 0.171 e. The zero-order valence-corrected chi connectivity index (χ0v) is 13.1. The Bertz CT molecular complexity index is 284. The van der Waals surface area contributed by atoms with Gasteiger partial charge in [0.2, 0.25) is 0 Å². The van der Waals surface area contributed by atoms with Crippen molar-refractivity contribution in [3.8, 4) is 0 Å². The highest BCUT2D eigenvalue weighted by Gasteiger charge is 2.58. The molecular formula is C14H28O2Si. The molecule has 0 aromatic carbocycles. The van der Waals surface area contributed by atoms with Crippen LogP contribution in [0.4, 0.5) is 0 Å². The monoisotopic (exact) mass is 256 g/mol. The first-order valence-corrected chi connectivity index (χ1v) is 9.87. The number of aliphatic hydroxyl groups excluding tert-OH is 1. The van der Waals surface area contributed by atoms with E-state index in [-0.39, 0.29) is 23.0 Å². The minimum Gasteiger partial charge on any atom is -0.416 e. The molecule has 0 aromatic heterocycles. The van der Waals surface area contributed by atoms with E-state index in [1.54, 1.807) is 0 Å². The molecule has 0 aliphatic heterocycles. The smallest absolute Gasteiger partial charge is 0.171 e. The van der Waals surface area contributed by atoms with E-state index >= 15 is 0 Å². The maximum absolute atomic E-state index is 10.5. The third kappa shape index (κ3) is 2.34. The summed E-state index contributed by atoms with van der Waals surface area (Å²) in [5, 5.41) is 10.5. The van der Waals surface area contributed by atoms with E-state index in [9.17, 15) is 5.11 Å². The summed E-state index contributed by atoms with van der Waals surface area (Å²) in [6.45, 7) is 11.3. The summed E-state index contributed by atoms with van der Waals surface area (Å²) in [5.41, 5.74) is 0.206. The number of hydrogen-bond acceptors (Lipinski definition) is 2. The highest BCUT2D eigenvalue weighted by molar-refractivity contribution is 6.48. The second-order valence-electron chi connectivity index (χ2n) is 7.52.